The number of carbonyl (C=O) groups is 1. The van der Waals surface area contributed by atoms with E-state index in [1.54, 1.807) is 0 Å². The molecule has 1 unspecified atom stereocenters. The molecule has 0 saturated carbocycles. The van der Waals surface area contributed by atoms with Gasteiger partial charge in [0, 0.05) is 6.54 Å². The van der Waals surface area contributed by atoms with E-state index in [1.807, 2.05) is 0 Å². The molecule has 6 heteroatoms. The van der Waals surface area contributed by atoms with Gasteiger partial charge in [0.2, 0.25) is 0 Å². The molecular formula is C10H12FNO4. The Bertz CT molecular complexity index is 383. The van der Waals surface area contributed by atoms with Crippen LogP contribution in [0.5, 0.6) is 0 Å². The summed E-state index contributed by atoms with van der Waals surface area (Å²) in [5, 5.41) is 29.0. The number of hydrogen-bond donors (Lipinski definition) is 4. The van der Waals surface area contributed by atoms with Crippen molar-refractivity contribution in [2.45, 2.75) is 6.10 Å². The molecule has 0 aliphatic rings. The van der Waals surface area contributed by atoms with Crippen LogP contribution in [-0.2, 0) is 0 Å². The van der Waals surface area contributed by atoms with Gasteiger partial charge >= 0.3 is 5.97 Å². The molecule has 1 rings (SSSR count). The Balaban J connectivity index is 2.87. The van der Waals surface area contributed by atoms with Gasteiger partial charge in [-0.1, -0.05) is 6.07 Å². The van der Waals surface area contributed by atoms with Crippen LogP contribution < -0.4 is 5.32 Å². The number of nitrogens with one attached hydrogen (secondary N) is 1. The highest BCUT2D eigenvalue weighted by Gasteiger charge is 2.15. The normalized spacial score (nSPS) is 12.2. The minimum atomic E-state index is -1.39. The van der Waals surface area contributed by atoms with Crippen molar-refractivity contribution >= 4 is 11.7 Å². The maximum Gasteiger partial charge on any atom is 0.340 e. The van der Waals surface area contributed by atoms with Gasteiger partial charge in [0.25, 0.3) is 0 Å². The zero-order valence-electron chi connectivity index (χ0n) is 8.35. The quantitative estimate of drug-likeness (QED) is 0.582. The molecule has 1 atom stereocenters. The number of carboxylic acids is 1. The van der Waals surface area contributed by atoms with Crippen LogP contribution in [0.3, 0.4) is 0 Å². The number of anilines is 1. The van der Waals surface area contributed by atoms with Crippen molar-refractivity contribution in [3.8, 4) is 0 Å². The van der Waals surface area contributed by atoms with Gasteiger partial charge in [-0.05, 0) is 12.1 Å². The maximum absolute atomic E-state index is 13.2. The fourth-order valence-electron chi connectivity index (χ4n) is 1.18. The van der Waals surface area contributed by atoms with Crippen molar-refractivity contribution in [3.63, 3.8) is 0 Å². The Hall–Kier alpha value is -1.66. The summed E-state index contributed by atoms with van der Waals surface area (Å²) in [4.78, 5) is 10.8. The lowest BCUT2D eigenvalue weighted by molar-refractivity contribution is 0.0692. The van der Waals surface area contributed by atoms with E-state index in [-0.39, 0.29) is 12.2 Å². The molecular weight excluding hydrogens is 217 g/mol. The summed E-state index contributed by atoms with van der Waals surface area (Å²) in [6, 6.07) is 3.78. The van der Waals surface area contributed by atoms with E-state index in [4.69, 9.17) is 15.3 Å². The lowest BCUT2D eigenvalue weighted by Crippen LogP contribution is -2.24. The minimum Gasteiger partial charge on any atom is -0.478 e. The fourth-order valence-corrected chi connectivity index (χ4v) is 1.18. The summed E-state index contributed by atoms with van der Waals surface area (Å²) < 4.78 is 13.2. The molecule has 0 radical (unpaired) electrons. The van der Waals surface area contributed by atoms with Crippen molar-refractivity contribution in [3.05, 3.63) is 29.6 Å². The van der Waals surface area contributed by atoms with Crippen molar-refractivity contribution < 1.29 is 24.5 Å². The number of halogens is 1. The number of aromatic carboxylic acids is 1. The topological polar surface area (TPSA) is 89.8 Å². The third-order valence-electron chi connectivity index (χ3n) is 1.97. The molecule has 1 aromatic rings. The molecule has 0 fully saturated rings. The highest BCUT2D eigenvalue weighted by Crippen LogP contribution is 2.18. The zero-order valence-corrected chi connectivity index (χ0v) is 8.35. The number of hydrogen-bond acceptors (Lipinski definition) is 4. The number of benzene rings is 1. The van der Waals surface area contributed by atoms with Gasteiger partial charge in [-0.15, -0.1) is 0 Å². The molecule has 0 bridgehead atoms. The summed E-state index contributed by atoms with van der Waals surface area (Å²) in [6.07, 6.45) is -1.02. The van der Waals surface area contributed by atoms with E-state index in [0.29, 0.717) is 0 Å². The number of aliphatic hydroxyl groups excluding tert-OH is 2. The number of carboxylic acid groups (broad SMARTS) is 1. The van der Waals surface area contributed by atoms with Gasteiger partial charge in [0.1, 0.15) is 11.4 Å². The van der Waals surface area contributed by atoms with Gasteiger partial charge in [0.15, 0.2) is 0 Å². The van der Waals surface area contributed by atoms with Gasteiger partial charge in [-0.25, -0.2) is 9.18 Å². The van der Waals surface area contributed by atoms with Crippen LogP contribution in [-0.4, -0.2) is 40.5 Å². The average Bonchev–Trinajstić information content (AvgIpc) is 2.25. The van der Waals surface area contributed by atoms with Crippen LogP contribution in [0, 0.1) is 5.82 Å². The second-order valence-electron chi connectivity index (χ2n) is 3.18. The molecule has 4 N–H and O–H groups in total. The molecule has 0 aliphatic heterocycles. The van der Waals surface area contributed by atoms with Gasteiger partial charge in [-0.2, -0.15) is 0 Å². The molecule has 0 spiro atoms. The Morgan fingerprint density at radius 3 is 2.75 bits per heavy atom. The minimum absolute atomic E-state index is 0.0553. The SMILES string of the molecule is O=C(O)c1c(F)cccc1NCC(O)CO. The van der Waals surface area contributed by atoms with E-state index >= 15 is 0 Å². The van der Waals surface area contributed by atoms with Gasteiger partial charge in [0.05, 0.1) is 18.4 Å². The van der Waals surface area contributed by atoms with Crippen LogP contribution in [0.1, 0.15) is 10.4 Å². The first-order valence-electron chi connectivity index (χ1n) is 4.61. The fraction of sp³-hybridized carbons (Fsp3) is 0.300. The summed E-state index contributed by atoms with van der Waals surface area (Å²) in [7, 11) is 0. The van der Waals surface area contributed by atoms with E-state index in [1.165, 1.54) is 12.1 Å². The Kier molecular flexibility index (Phi) is 4.21. The Morgan fingerprint density at radius 2 is 2.19 bits per heavy atom. The first-order valence-corrected chi connectivity index (χ1v) is 4.61. The molecule has 5 nitrogen and oxygen atoms in total. The molecule has 0 amide bonds. The highest BCUT2D eigenvalue weighted by atomic mass is 19.1. The third-order valence-corrected chi connectivity index (χ3v) is 1.97. The van der Waals surface area contributed by atoms with Gasteiger partial charge in [-0.3, -0.25) is 0 Å². The number of rotatable bonds is 5. The van der Waals surface area contributed by atoms with Crippen molar-refractivity contribution in [1.29, 1.82) is 0 Å². The van der Waals surface area contributed by atoms with Crippen LogP contribution in [0.2, 0.25) is 0 Å². The lowest BCUT2D eigenvalue weighted by atomic mass is 10.1. The van der Waals surface area contributed by atoms with Crippen molar-refractivity contribution in [1.82, 2.24) is 0 Å². The van der Waals surface area contributed by atoms with Crippen LogP contribution in [0.4, 0.5) is 10.1 Å². The predicted octanol–water partition coefficient (Wildman–Crippen LogP) is 0.289. The standard InChI is InChI=1S/C10H12FNO4/c11-7-2-1-3-8(9(7)10(15)16)12-4-6(14)5-13/h1-3,6,12-14H,4-5H2,(H,15,16). The second kappa shape index (κ2) is 5.43. The van der Waals surface area contributed by atoms with Gasteiger partial charge < -0.3 is 20.6 Å². The molecule has 16 heavy (non-hydrogen) atoms. The van der Waals surface area contributed by atoms with E-state index in [9.17, 15) is 9.18 Å². The monoisotopic (exact) mass is 229 g/mol. The summed E-state index contributed by atoms with van der Waals surface area (Å²) in [6.45, 7) is -0.509. The molecule has 1 aromatic carbocycles. The lowest BCUT2D eigenvalue weighted by Gasteiger charge is -2.12. The predicted molar refractivity (Wildman–Crippen MR) is 54.9 cm³/mol. The molecule has 0 saturated heterocycles. The smallest absolute Gasteiger partial charge is 0.340 e. The Morgan fingerprint density at radius 1 is 1.50 bits per heavy atom. The summed E-state index contributed by atoms with van der Waals surface area (Å²) in [5.41, 5.74) is -0.410. The molecule has 0 aromatic heterocycles. The zero-order chi connectivity index (χ0) is 12.1. The molecule has 0 aliphatic carbocycles. The number of aliphatic hydroxyl groups is 2. The molecule has 88 valence electrons. The molecule has 0 heterocycles. The average molecular weight is 229 g/mol. The van der Waals surface area contributed by atoms with E-state index in [0.717, 1.165) is 6.07 Å². The largest absolute Gasteiger partial charge is 0.478 e. The van der Waals surface area contributed by atoms with E-state index < -0.39 is 30.1 Å². The second-order valence-corrected chi connectivity index (χ2v) is 3.18. The van der Waals surface area contributed by atoms with Crippen LogP contribution >= 0.6 is 0 Å². The van der Waals surface area contributed by atoms with Crippen molar-refractivity contribution in [2.75, 3.05) is 18.5 Å². The Labute approximate surface area is 91.2 Å². The van der Waals surface area contributed by atoms with Crippen LogP contribution in [0.25, 0.3) is 0 Å². The first kappa shape index (κ1) is 12.4. The summed E-state index contributed by atoms with van der Waals surface area (Å²) in [5.74, 6) is -2.24. The highest BCUT2D eigenvalue weighted by molar-refractivity contribution is 5.94. The third kappa shape index (κ3) is 2.91. The van der Waals surface area contributed by atoms with Crippen LogP contribution in [0.15, 0.2) is 18.2 Å². The first-order chi connectivity index (χ1) is 7.56. The summed E-state index contributed by atoms with van der Waals surface area (Å²) >= 11 is 0. The van der Waals surface area contributed by atoms with Crippen molar-refractivity contribution in [2.24, 2.45) is 0 Å². The maximum atomic E-state index is 13.2. The van der Waals surface area contributed by atoms with E-state index in [2.05, 4.69) is 5.32 Å².